The predicted molar refractivity (Wildman–Crippen MR) is 83.5 cm³/mol. The van der Waals surface area contributed by atoms with Crippen molar-refractivity contribution >= 4 is 10.0 Å². The van der Waals surface area contributed by atoms with E-state index in [0.29, 0.717) is 26.3 Å². The zero-order chi connectivity index (χ0) is 16.9. The largest absolute Gasteiger partial charge is 0.379 e. The molecule has 23 heavy (non-hydrogen) atoms. The number of ether oxygens (including phenoxy) is 1. The first-order valence-electron chi connectivity index (χ1n) is 7.39. The number of benzene rings is 1. The van der Waals surface area contributed by atoms with Crippen molar-refractivity contribution < 1.29 is 17.5 Å². The van der Waals surface area contributed by atoms with E-state index >= 15 is 0 Å². The van der Waals surface area contributed by atoms with Gasteiger partial charge in [0.15, 0.2) is 5.25 Å². The van der Waals surface area contributed by atoms with Gasteiger partial charge in [-0.3, -0.25) is 4.90 Å². The summed E-state index contributed by atoms with van der Waals surface area (Å²) in [4.78, 5) is 2.09. The van der Waals surface area contributed by atoms with Gasteiger partial charge in [-0.15, -0.1) is 0 Å². The smallest absolute Gasteiger partial charge is 0.227 e. The molecular formula is C15H20FN3O3S. The van der Waals surface area contributed by atoms with Crippen molar-refractivity contribution in [3.8, 4) is 6.07 Å². The minimum Gasteiger partial charge on any atom is -0.379 e. The van der Waals surface area contributed by atoms with Gasteiger partial charge in [0.25, 0.3) is 0 Å². The second-order valence-corrected chi connectivity index (χ2v) is 7.47. The lowest BCUT2D eigenvalue weighted by molar-refractivity contribution is 0.0172. The van der Waals surface area contributed by atoms with Gasteiger partial charge < -0.3 is 4.74 Å². The van der Waals surface area contributed by atoms with Crippen molar-refractivity contribution in [1.82, 2.24) is 9.62 Å². The maximum atomic E-state index is 13.1. The lowest BCUT2D eigenvalue weighted by Crippen LogP contribution is -2.44. The number of nitrogens with zero attached hydrogens (tertiary/aromatic N) is 2. The second-order valence-electron chi connectivity index (χ2n) is 5.38. The summed E-state index contributed by atoms with van der Waals surface area (Å²) in [6.07, 6.45) is 0. The summed E-state index contributed by atoms with van der Waals surface area (Å²) in [5, 5.41) is 7.67. The third-order valence-corrected chi connectivity index (χ3v) is 5.47. The average molecular weight is 341 g/mol. The molecule has 2 rings (SSSR count). The van der Waals surface area contributed by atoms with Gasteiger partial charge in [0.05, 0.1) is 19.3 Å². The summed E-state index contributed by atoms with van der Waals surface area (Å²) < 4.78 is 44.9. The fraction of sp³-hybridized carbons (Fsp3) is 0.533. The number of sulfonamides is 1. The minimum absolute atomic E-state index is 0.125. The van der Waals surface area contributed by atoms with Crippen LogP contribution in [0.4, 0.5) is 4.39 Å². The second kappa shape index (κ2) is 7.84. The number of halogens is 1. The van der Waals surface area contributed by atoms with Gasteiger partial charge >= 0.3 is 0 Å². The fourth-order valence-electron chi connectivity index (χ4n) is 2.42. The summed E-state index contributed by atoms with van der Waals surface area (Å²) in [7, 11) is -3.70. The zero-order valence-electron chi connectivity index (χ0n) is 12.9. The van der Waals surface area contributed by atoms with Crippen LogP contribution in [0.15, 0.2) is 24.3 Å². The molecule has 2 unspecified atom stereocenters. The molecule has 1 aromatic carbocycles. The molecule has 0 bridgehead atoms. The van der Waals surface area contributed by atoms with Gasteiger partial charge in [0.2, 0.25) is 10.0 Å². The van der Waals surface area contributed by atoms with Crippen molar-refractivity contribution in [2.24, 2.45) is 0 Å². The molecule has 1 fully saturated rings. The van der Waals surface area contributed by atoms with Gasteiger partial charge in [0, 0.05) is 25.7 Å². The maximum Gasteiger partial charge on any atom is 0.227 e. The quantitative estimate of drug-likeness (QED) is 0.836. The van der Waals surface area contributed by atoms with Crippen LogP contribution in [0.2, 0.25) is 0 Å². The standard InChI is InChI=1S/C15H20FN3O3S/c1-12(10-17)23(20,21)18-11-15(19-6-8-22-9-7-19)13-2-4-14(16)5-3-13/h2-5,12,15,18H,6-9,11H2,1H3. The predicted octanol–water partition coefficient (Wildman–Crippen LogP) is 1.03. The molecule has 1 aromatic rings. The summed E-state index contributed by atoms with van der Waals surface area (Å²) in [5.41, 5.74) is 0.820. The molecule has 0 radical (unpaired) electrons. The van der Waals surface area contributed by atoms with Gasteiger partial charge in [-0.05, 0) is 24.6 Å². The lowest BCUT2D eigenvalue weighted by Gasteiger charge is -2.35. The van der Waals surface area contributed by atoms with Gasteiger partial charge in [0.1, 0.15) is 5.82 Å². The van der Waals surface area contributed by atoms with Crippen molar-refractivity contribution in [2.75, 3.05) is 32.8 Å². The molecule has 6 nitrogen and oxygen atoms in total. The highest BCUT2D eigenvalue weighted by Gasteiger charge is 2.26. The highest BCUT2D eigenvalue weighted by molar-refractivity contribution is 7.90. The van der Waals surface area contributed by atoms with Gasteiger partial charge in [-0.2, -0.15) is 5.26 Å². The lowest BCUT2D eigenvalue weighted by atomic mass is 10.0. The average Bonchev–Trinajstić information content (AvgIpc) is 2.56. The molecule has 1 aliphatic rings. The molecule has 1 heterocycles. The first kappa shape index (κ1) is 17.8. The number of hydrogen-bond acceptors (Lipinski definition) is 5. The number of rotatable bonds is 6. The molecule has 8 heteroatoms. The Labute approximate surface area is 135 Å². The topological polar surface area (TPSA) is 82.4 Å². The van der Waals surface area contributed by atoms with E-state index in [9.17, 15) is 12.8 Å². The van der Waals surface area contributed by atoms with Crippen LogP contribution in [0.3, 0.4) is 0 Å². The van der Waals surface area contributed by atoms with E-state index in [0.717, 1.165) is 5.56 Å². The van der Waals surface area contributed by atoms with E-state index in [1.807, 2.05) is 0 Å². The van der Waals surface area contributed by atoms with Crippen LogP contribution in [0, 0.1) is 17.1 Å². The monoisotopic (exact) mass is 341 g/mol. The van der Waals surface area contributed by atoms with Crippen LogP contribution in [0.25, 0.3) is 0 Å². The van der Waals surface area contributed by atoms with E-state index in [1.165, 1.54) is 19.1 Å². The molecule has 0 spiro atoms. The number of nitriles is 1. The molecule has 0 aromatic heterocycles. The van der Waals surface area contributed by atoms with Crippen molar-refractivity contribution in [2.45, 2.75) is 18.2 Å². The van der Waals surface area contributed by atoms with E-state index in [1.54, 1.807) is 18.2 Å². The normalized spacial score (nSPS) is 19.0. The Balaban J connectivity index is 2.17. The van der Waals surface area contributed by atoms with E-state index in [4.69, 9.17) is 10.00 Å². The molecular weight excluding hydrogens is 321 g/mol. The summed E-state index contributed by atoms with van der Waals surface area (Å²) in [6, 6.07) is 7.50. The molecule has 1 saturated heterocycles. The molecule has 0 aliphatic carbocycles. The van der Waals surface area contributed by atoms with Crippen LogP contribution < -0.4 is 4.72 Å². The van der Waals surface area contributed by atoms with Gasteiger partial charge in [-0.25, -0.2) is 17.5 Å². The molecule has 0 saturated carbocycles. The van der Waals surface area contributed by atoms with E-state index < -0.39 is 15.3 Å². The summed E-state index contributed by atoms with van der Waals surface area (Å²) >= 11 is 0. The van der Waals surface area contributed by atoms with Crippen LogP contribution in [-0.2, 0) is 14.8 Å². The first-order chi connectivity index (χ1) is 10.9. The number of morpholine rings is 1. The molecule has 1 aliphatic heterocycles. The third-order valence-electron chi connectivity index (χ3n) is 3.87. The highest BCUT2D eigenvalue weighted by atomic mass is 32.2. The first-order valence-corrected chi connectivity index (χ1v) is 8.94. The Hall–Kier alpha value is -1.53. The van der Waals surface area contributed by atoms with Crippen LogP contribution in [0.1, 0.15) is 18.5 Å². The van der Waals surface area contributed by atoms with E-state index in [-0.39, 0.29) is 18.4 Å². The summed E-state index contributed by atoms with van der Waals surface area (Å²) in [5.74, 6) is -0.340. The Morgan fingerprint density at radius 2 is 1.96 bits per heavy atom. The molecule has 126 valence electrons. The van der Waals surface area contributed by atoms with Crippen LogP contribution >= 0.6 is 0 Å². The molecule has 2 atom stereocenters. The third kappa shape index (κ3) is 4.72. The zero-order valence-corrected chi connectivity index (χ0v) is 13.7. The van der Waals surface area contributed by atoms with Crippen molar-refractivity contribution in [3.05, 3.63) is 35.6 Å². The van der Waals surface area contributed by atoms with E-state index in [2.05, 4.69) is 9.62 Å². The van der Waals surface area contributed by atoms with Crippen LogP contribution in [-0.4, -0.2) is 51.4 Å². The molecule has 1 N–H and O–H groups in total. The van der Waals surface area contributed by atoms with Crippen molar-refractivity contribution in [3.63, 3.8) is 0 Å². The maximum absolute atomic E-state index is 13.1. The minimum atomic E-state index is -3.70. The molecule has 0 amide bonds. The van der Waals surface area contributed by atoms with Crippen molar-refractivity contribution in [1.29, 1.82) is 5.26 Å². The fourth-order valence-corrected chi connectivity index (χ4v) is 3.20. The Bertz CT molecular complexity index is 652. The Morgan fingerprint density at radius 3 is 2.52 bits per heavy atom. The number of nitrogens with one attached hydrogen (secondary N) is 1. The van der Waals surface area contributed by atoms with Crippen LogP contribution in [0.5, 0.6) is 0 Å². The number of hydrogen-bond donors (Lipinski definition) is 1. The van der Waals surface area contributed by atoms with Gasteiger partial charge in [-0.1, -0.05) is 12.1 Å². The Morgan fingerprint density at radius 1 is 1.35 bits per heavy atom. The SMILES string of the molecule is CC(C#N)S(=O)(=O)NCC(c1ccc(F)cc1)N1CCOCC1. The highest BCUT2D eigenvalue weighted by Crippen LogP contribution is 2.22. The summed E-state index contributed by atoms with van der Waals surface area (Å²) in [6.45, 7) is 3.93. The Kier molecular flexibility index (Phi) is 6.07.